The summed E-state index contributed by atoms with van der Waals surface area (Å²) in [5.41, 5.74) is 5.03. The molecule has 1 rings (SSSR count). The first-order chi connectivity index (χ1) is 9.42. The standard InChI is InChI=1S/C14H24N2O3S/c1-4-14(5-2,12(15)20)13(18)16-8-6-7-10(9-16)11(17)19-3/h10H,4-9H2,1-3H3,(H2,15,20). The van der Waals surface area contributed by atoms with Crippen molar-refractivity contribution in [3.05, 3.63) is 0 Å². The molecule has 114 valence electrons. The number of ether oxygens (including phenoxy) is 1. The second-order valence-electron chi connectivity index (χ2n) is 5.27. The molecule has 1 amide bonds. The molecule has 0 bridgehead atoms. The molecule has 0 aromatic rings. The van der Waals surface area contributed by atoms with Crippen molar-refractivity contribution < 1.29 is 14.3 Å². The lowest BCUT2D eigenvalue weighted by Gasteiger charge is -2.38. The summed E-state index contributed by atoms with van der Waals surface area (Å²) in [5, 5.41) is 0. The van der Waals surface area contributed by atoms with Crippen LogP contribution in [0, 0.1) is 11.3 Å². The lowest BCUT2D eigenvalue weighted by molar-refractivity contribution is -0.150. The molecular weight excluding hydrogens is 276 g/mol. The summed E-state index contributed by atoms with van der Waals surface area (Å²) in [6.07, 6.45) is 2.72. The smallest absolute Gasteiger partial charge is 0.310 e. The summed E-state index contributed by atoms with van der Waals surface area (Å²) in [4.78, 5) is 26.4. The number of nitrogens with two attached hydrogens (primary N) is 1. The second kappa shape index (κ2) is 7.02. The van der Waals surface area contributed by atoms with Crippen molar-refractivity contribution in [3.8, 4) is 0 Å². The molecule has 1 heterocycles. The summed E-state index contributed by atoms with van der Waals surface area (Å²) < 4.78 is 4.78. The topological polar surface area (TPSA) is 72.6 Å². The summed E-state index contributed by atoms with van der Waals surface area (Å²) in [6.45, 7) is 4.89. The molecule has 1 atom stereocenters. The van der Waals surface area contributed by atoms with Crippen molar-refractivity contribution in [2.24, 2.45) is 17.1 Å². The number of thiocarbonyl (C=S) groups is 1. The highest BCUT2D eigenvalue weighted by Crippen LogP contribution is 2.31. The Bertz CT molecular complexity index is 394. The van der Waals surface area contributed by atoms with E-state index >= 15 is 0 Å². The molecule has 0 saturated carbocycles. The Balaban J connectivity index is 2.90. The number of carbonyl (C=O) groups excluding carboxylic acids is 2. The molecule has 1 fully saturated rings. The number of nitrogens with zero attached hydrogens (tertiary/aromatic N) is 1. The van der Waals surface area contributed by atoms with E-state index in [9.17, 15) is 9.59 Å². The van der Waals surface area contributed by atoms with E-state index in [1.807, 2.05) is 13.8 Å². The first kappa shape index (κ1) is 16.9. The summed E-state index contributed by atoms with van der Waals surface area (Å²) in [7, 11) is 1.38. The maximum absolute atomic E-state index is 12.8. The number of likely N-dealkylation sites (tertiary alicyclic amines) is 1. The molecule has 0 aliphatic carbocycles. The van der Waals surface area contributed by atoms with Gasteiger partial charge in [0.2, 0.25) is 5.91 Å². The first-order valence-electron chi connectivity index (χ1n) is 7.10. The number of hydrogen-bond acceptors (Lipinski definition) is 4. The zero-order chi connectivity index (χ0) is 15.3. The SMILES string of the molecule is CCC(CC)(C(=O)N1CCCC(C(=O)OC)C1)C(N)=S. The van der Waals surface area contributed by atoms with Crippen molar-refractivity contribution in [1.82, 2.24) is 4.90 Å². The largest absolute Gasteiger partial charge is 0.469 e. The van der Waals surface area contributed by atoms with E-state index in [1.165, 1.54) is 7.11 Å². The average molecular weight is 300 g/mol. The summed E-state index contributed by atoms with van der Waals surface area (Å²) in [5.74, 6) is -0.546. The van der Waals surface area contributed by atoms with E-state index in [2.05, 4.69) is 0 Å². The predicted octanol–water partition coefficient (Wildman–Crippen LogP) is 1.49. The Labute approximate surface area is 125 Å². The van der Waals surface area contributed by atoms with Gasteiger partial charge in [-0.1, -0.05) is 26.1 Å². The predicted molar refractivity (Wildman–Crippen MR) is 81.1 cm³/mol. The Morgan fingerprint density at radius 1 is 1.40 bits per heavy atom. The first-order valence-corrected chi connectivity index (χ1v) is 7.50. The van der Waals surface area contributed by atoms with Gasteiger partial charge in [0.05, 0.1) is 23.4 Å². The van der Waals surface area contributed by atoms with Gasteiger partial charge in [0.25, 0.3) is 0 Å². The monoisotopic (exact) mass is 300 g/mol. The number of piperidine rings is 1. The van der Waals surface area contributed by atoms with Crippen molar-refractivity contribution >= 4 is 29.1 Å². The lowest BCUT2D eigenvalue weighted by atomic mass is 9.80. The van der Waals surface area contributed by atoms with Gasteiger partial charge in [-0.3, -0.25) is 9.59 Å². The third kappa shape index (κ3) is 3.11. The molecule has 0 spiro atoms. The van der Waals surface area contributed by atoms with Crippen LogP contribution in [0.5, 0.6) is 0 Å². The van der Waals surface area contributed by atoms with Gasteiger partial charge < -0.3 is 15.4 Å². The van der Waals surface area contributed by atoms with Gasteiger partial charge in [0.1, 0.15) is 0 Å². The molecule has 6 heteroatoms. The van der Waals surface area contributed by atoms with E-state index in [1.54, 1.807) is 4.90 Å². The number of rotatable bonds is 5. The second-order valence-corrected chi connectivity index (χ2v) is 5.71. The molecule has 1 aliphatic heterocycles. The van der Waals surface area contributed by atoms with Crippen LogP contribution >= 0.6 is 12.2 Å². The summed E-state index contributed by atoms with van der Waals surface area (Å²) in [6, 6.07) is 0. The Hall–Kier alpha value is -1.17. The fraction of sp³-hybridized carbons (Fsp3) is 0.786. The van der Waals surface area contributed by atoms with Crippen LogP contribution in [0.4, 0.5) is 0 Å². The molecule has 0 aromatic heterocycles. The van der Waals surface area contributed by atoms with Crippen LogP contribution in [0.3, 0.4) is 0 Å². The van der Waals surface area contributed by atoms with Crippen LogP contribution in [-0.4, -0.2) is 42.0 Å². The van der Waals surface area contributed by atoms with E-state index in [0.29, 0.717) is 25.9 Å². The molecule has 2 N–H and O–H groups in total. The Morgan fingerprint density at radius 2 is 2.00 bits per heavy atom. The van der Waals surface area contributed by atoms with Crippen LogP contribution in [0.2, 0.25) is 0 Å². The molecule has 0 aromatic carbocycles. The lowest BCUT2D eigenvalue weighted by Crippen LogP contribution is -2.53. The number of esters is 1. The number of amides is 1. The van der Waals surface area contributed by atoms with Crippen LogP contribution < -0.4 is 5.73 Å². The Morgan fingerprint density at radius 3 is 2.45 bits per heavy atom. The normalized spacial score (nSPS) is 19.6. The van der Waals surface area contributed by atoms with Gasteiger partial charge in [0, 0.05) is 13.1 Å². The molecule has 1 saturated heterocycles. The number of hydrogen-bond donors (Lipinski definition) is 1. The highest BCUT2D eigenvalue weighted by molar-refractivity contribution is 7.80. The molecule has 1 unspecified atom stereocenters. The molecule has 0 radical (unpaired) electrons. The van der Waals surface area contributed by atoms with E-state index < -0.39 is 5.41 Å². The molecule has 5 nitrogen and oxygen atoms in total. The van der Waals surface area contributed by atoms with Gasteiger partial charge in [-0.25, -0.2) is 0 Å². The van der Waals surface area contributed by atoms with Gasteiger partial charge >= 0.3 is 5.97 Å². The number of methoxy groups -OCH3 is 1. The average Bonchev–Trinajstić information content (AvgIpc) is 2.47. The van der Waals surface area contributed by atoms with E-state index in [0.717, 1.165) is 12.8 Å². The maximum atomic E-state index is 12.8. The van der Waals surface area contributed by atoms with Crippen molar-refractivity contribution in [1.29, 1.82) is 0 Å². The van der Waals surface area contributed by atoms with E-state index in [-0.39, 0.29) is 22.8 Å². The van der Waals surface area contributed by atoms with Gasteiger partial charge in [-0.05, 0) is 25.7 Å². The van der Waals surface area contributed by atoms with Gasteiger partial charge in [-0.15, -0.1) is 0 Å². The molecular formula is C14H24N2O3S. The quantitative estimate of drug-likeness (QED) is 0.615. The minimum atomic E-state index is -0.784. The van der Waals surface area contributed by atoms with E-state index in [4.69, 9.17) is 22.7 Å². The summed E-state index contributed by atoms with van der Waals surface area (Å²) >= 11 is 5.12. The fourth-order valence-corrected chi connectivity index (χ4v) is 3.21. The zero-order valence-electron chi connectivity index (χ0n) is 12.5. The molecule has 20 heavy (non-hydrogen) atoms. The third-order valence-electron chi connectivity index (χ3n) is 4.33. The Kier molecular flexibility index (Phi) is 5.92. The molecule has 1 aliphatic rings. The highest BCUT2D eigenvalue weighted by Gasteiger charge is 2.42. The highest BCUT2D eigenvalue weighted by atomic mass is 32.1. The minimum absolute atomic E-state index is 0.0522. The van der Waals surface area contributed by atoms with Crippen molar-refractivity contribution in [2.75, 3.05) is 20.2 Å². The van der Waals surface area contributed by atoms with Crippen LogP contribution in [0.25, 0.3) is 0 Å². The van der Waals surface area contributed by atoms with Crippen molar-refractivity contribution in [3.63, 3.8) is 0 Å². The van der Waals surface area contributed by atoms with Crippen LogP contribution in [-0.2, 0) is 14.3 Å². The number of carbonyl (C=O) groups is 2. The fourth-order valence-electron chi connectivity index (χ4n) is 2.83. The van der Waals surface area contributed by atoms with Crippen molar-refractivity contribution in [2.45, 2.75) is 39.5 Å². The maximum Gasteiger partial charge on any atom is 0.310 e. The van der Waals surface area contributed by atoms with Gasteiger partial charge in [0.15, 0.2) is 0 Å². The van der Waals surface area contributed by atoms with Gasteiger partial charge in [-0.2, -0.15) is 0 Å². The van der Waals surface area contributed by atoms with Crippen LogP contribution in [0.15, 0.2) is 0 Å². The zero-order valence-corrected chi connectivity index (χ0v) is 13.3. The third-order valence-corrected chi connectivity index (χ3v) is 4.72. The van der Waals surface area contributed by atoms with Crippen LogP contribution in [0.1, 0.15) is 39.5 Å². The minimum Gasteiger partial charge on any atom is -0.469 e.